The Labute approximate surface area is 139 Å². The molecule has 2 aromatic carbocycles. The van der Waals surface area contributed by atoms with Crippen LogP contribution in [0.1, 0.15) is 30.5 Å². The number of aromatic amines is 1. The zero-order chi connectivity index (χ0) is 17.3. The highest BCUT2D eigenvalue weighted by Gasteiger charge is 2.14. The van der Waals surface area contributed by atoms with Crippen LogP contribution in [0.25, 0.3) is 22.0 Å². The molecule has 0 unspecified atom stereocenters. The van der Waals surface area contributed by atoms with E-state index in [4.69, 9.17) is 5.26 Å². The van der Waals surface area contributed by atoms with Crippen LogP contribution in [0.2, 0.25) is 0 Å². The lowest BCUT2D eigenvalue weighted by Crippen LogP contribution is -2.00. The van der Waals surface area contributed by atoms with Crippen LogP contribution < -0.4 is 0 Å². The molecule has 24 heavy (non-hydrogen) atoms. The average Bonchev–Trinajstić information content (AvgIpc) is 3.02. The minimum atomic E-state index is -0.585. The fourth-order valence-corrected chi connectivity index (χ4v) is 2.88. The molecular weight excluding hydrogens is 303 g/mol. The van der Waals surface area contributed by atoms with Gasteiger partial charge in [-0.15, -0.1) is 0 Å². The second kappa shape index (κ2) is 6.13. The number of nitrogens with zero attached hydrogens (tertiary/aromatic N) is 1. The number of fused-ring (bicyclic) bond motifs is 1. The Morgan fingerprint density at radius 2 is 1.83 bits per heavy atom. The highest BCUT2D eigenvalue weighted by atomic mass is 19.1. The molecule has 0 aliphatic heterocycles. The Morgan fingerprint density at radius 3 is 2.50 bits per heavy atom. The maximum Gasteiger partial charge on any atom is 0.160 e. The number of rotatable bonds is 3. The molecule has 1 N–H and O–H groups in total. The minimum absolute atomic E-state index is 0.00957. The van der Waals surface area contributed by atoms with Crippen LogP contribution in [-0.4, -0.2) is 10.8 Å². The summed E-state index contributed by atoms with van der Waals surface area (Å²) in [5.41, 5.74) is 3.58. The van der Waals surface area contributed by atoms with Crippen molar-refractivity contribution in [1.29, 1.82) is 5.26 Å². The zero-order valence-corrected chi connectivity index (χ0v) is 13.4. The molecule has 1 heterocycles. The monoisotopic (exact) mass is 318 g/mol. The molecule has 0 saturated heterocycles. The number of Topliss-reactive ketones (excluding diaryl/α,β-unsaturated/α-hetero) is 1. The van der Waals surface area contributed by atoms with Crippen LogP contribution >= 0.6 is 0 Å². The summed E-state index contributed by atoms with van der Waals surface area (Å²) in [4.78, 5) is 15.3. The minimum Gasteiger partial charge on any atom is -0.361 e. The summed E-state index contributed by atoms with van der Waals surface area (Å²) in [6.07, 6.45) is 1.84. The molecule has 4 heteroatoms. The first kappa shape index (κ1) is 15.7. The molecule has 0 bridgehead atoms. The van der Waals surface area contributed by atoms with E-state index in [1.807, 2.05) is 30.5 Å². The first-order valence-corrected chi connectivity index (χ1v) is 7.50. The van der Waals surface area contributed by atoms with Crippen molar-refractivity contribution in [1.82, 2.24) is 4.98 Å². The second-order valence-electron chi connectivity index (χ2n) is 5.64. The van der Waals surface area contributed by atoms with Crippen molar-refractivity contribution >= 4 is 27.8 Å². The van der Waals surface area contributed by atoms with E-state index in [2.05, 4.69) is 4.98 Å². The number of allylic oxidation sites excluding steroid dienone is 2. The van der Waals surface area contributed by atoms with Gasteiger partial charge in [0.1, 0.15) is 11.9 Å². The van der Waals surface area contributed by atoms with Gasteiger partial charge in [-0.1, -0.05) is 12.1 Å². The molecule has 3 aromatic rings. The Morgan fingerprint density at radius 1 is 1.08 bits per heavy atom. The van der Waals surface area contributed by atoms with E-state index in [-0.39, 0.29) is 11.3 Å². The third-order valence-corrected chi connectivity index (χ3v) is 4.09. The van der Waals surface area contributed by atoms with E-state index < -0.39 is 5.82 Å². The molecule has 1 aromatic heterocycles. The molecule has 0 saturated carbocycles. The smallest absolute Gasteiger partial charge is 0.160 e. The van der Waals surface area contributed by atoms with Crippen molar-refractivity contribution in [3.8, 4) is 6.07 Å². The zero-order valence-electron chi connectivity index (χ0n) is 13.4. The lowest BCUT2D eigenvalue weighted by Gasteiger charge is -2.11. The van der Waals surface area contributed by atoms with Crippen LogP contribution in [0.5, 0.6) is 0 Å². The Balaban J connectivity index is 2.18. The van der Waals surface area contributed by atoms with Crippen molar-refractivity contribution in [3.63, 3.8) is 0 Å². The van der Waals surface area contributed by atoms with E-state index in [1.165, 1.54) is 19.1 Å². The number of benzene rings is 2. The average molecular weight is 318 g/mol. The van der Waals surface area contributed by atoms with Crippen molar-refractivity contribution in [3.05, 3.63) is 71.2 Å². The fourth-order valence-electron chi connectivity index (χ4n) is 2.88. The van der Waals surface area contributed by atoms with Crippen LogP contribution in [0, 0.1) is 17.1 Å². The van der Waals surface area contributed by atoms with Crippen molar-refractivity contribution in [2.24, 2.45) is 0 Å². The molecule has 118 valence electrons. The second-order valence-corrected chi connectivity index (χ2v) is 5.64. The SMILES string of the molecule is CC(=O)C(=C(C)c1ccc(C#N)c(F)c1)c1ccc2[nH]ccc2c1. The Kier molecular flexibility index (Phi) is 4.01. The van der Waals surface area contributed by atoms with E-state index in [0.717, 1.165) is 16.5 Å². The quantitative estimate of drug-likeness (QED) is 0.562. The number of nitrogens with one attached hydrogen (secondary N) is 1. The van der Waals surface area contributed by atoms with E-state index >= 15 is 0 Å². The van der Waals surface area contributed by atoms with Gasteiger partial charge in [0.2, 0.25) is 0 Å². The van der Waals surface area contributed by atoms with Gasteiger partial charge in [0.25, 0.3) is 0 Å². The number of hydrogen-bond donors (Lipinski definition) is 1. The molecule has 0 fully saturated rings. The van der Waals surface area contributed by atoms with Crippen molar-refractivity contribution in [2.45, 2.75) is 13.8 Å². The third-order valence-electron chi connectivity index (χ3n) is 4.09. The first-order chi connectivity index (χ1) is 11.5. The number of hydrogen-bond acceptors (Lipinski definition) is 2. The molecule has 0 atom stereocenters. The third kappa shape index (κ3) is 2.72. The van der Waals surface area contributed by atoms with Crippen molar-refractivity contribution in [2.75, 3.05) is 0 Å². The van der Waals surface area contributed by atoms with Gasteiger partial charge in [-0.2, -0.15) is 5.26 Å². The van der Waals surface area contributed by atoms with Crippen LogP contribution in [0.15, 0.2) is 48.7 Å². The van der Waals surface area contributed by atoms with E-state index in [0.29, 0.717) is 16.7 Å². The maximum absolute atomic E-state index is 13.9. The maximum atomic E-state index is 13.9. The largest absolute Gasteiger partial charge is 0.361 e. The summed E-state index contributed by atoms with van der Waals surface area (Å²) in [5, 5.41) is 9.85. The molecule has 0 amide bonds. The number of ketones is 1. The topological polar surface area (TPSA) is 56.6 Å². The molecule has 3 nitrogen and oxygen atoms in total. The first-order valence-electron chi connectivity index (χ1n) is 7.50. The summed E-state index contributed by atoms with van der Waals surface area (Å²) in [6.45, 7) is 3.29. The van der Waals surface area contributed by atoms with Gasteiger partial charge in [-0.25, -0.2) is 4.39 Å². The number of H-pyrrole nitrogens is 1. The molecule has 0 spiro atoms. The van der Waals surface area contributed by atoms with Crippen LogP contribution in [0.3, 0.4) is 0 Å². The van der Waals surface area contributed by atoms with E-state index in [9.17, 15) is 9.18 Å². The predicted octanol–water partition coefficient (Wildman–Crippen LogP) is 4.70. The summed E-state index contributed by atoms with van der Waals surface area (Å²) >= 11 is 0. The van der Waals surface area contributed by atoms with Gasteiger partial charge >= 0.3 is 0 Å². The summed E-state index contributed by atoms with van der Waals surface area (Å²) in [5.74, 6) is -0.675. The van der Waals surface area contributed by atoms with Crippen LogP contribution in [-0.2, 0) is 4.79 Å². The Bertz CT molecular complexity index is 1020. The van der Waals surface area contributed by atoms with Gasteiger partial charge in [0.15, 0.2) is 5.78 Å². The predicted molar refractivity (Wildman–Crippen MR) is 92.6 cm³/mol. The highest BCUT2D eigenvalue weighted by molar-refractivity contribution is 6.27. The molecular formula is C20H15FN2O. The van der Waals surface area contributed by atoms with E-state index in [1.54, 1.807) is 19.1 Å². The summed E-state index contributed by atoms with van der Waals surface area (Å²) in [7, 11) is 0. The number of carbonyl (C=O) groups is 1. The standard InChI is InChI=1S/C20H15FN2O/c1-12(14-3-4-17(11-22)18(21)10-14)20(13(2)24)16-5-6-19-15(9-16)7-8-23-19/h3-10,23H,1-2H3. The lowest BCUT2D eigenvalue weighted by molar-refractivity contribution is -0.111. The fraction of sp³-hybridized carbons (Fsp3) is 0.100. The van der Waals surface area contributed by atoms with Crippen molar-refractivity contribution < 1.29 is 9.18 Å². The van der Waals surface area contributed by atoms with Crippen LogP contribution in [0.4, 0.5) is 4.39 Å². The van der Waals surface area contributed by atoms with Gasteiger partial charge in [-0.05, 0) is 66.3 Å². The van der Waals surface area contributed by atoms with Gasteiger partial charge < -0.3 is 4.98 Å². The van der Waals surface area contributed by atoms with Gasteiger partial charge in [0, 0.05) is 17.3 Å². The van der Waals surface area contributed by atoms with Gasteiger partial charge in [0.05, 0.1) is 5.56 Å². The number of halogens is 1. The highest BCUT2D eigenvalue weighted by Crippen LogP contribution is 2.29. The summed E-state index contributed by atoms with van der Waals surface area (Å²) < 4.78 is 13.9. The molecule has 3 rings (SSSR count). The lowest BCUT2D eigenvalue weighted by atomic mass is 9.92. The van der Waals surface area contributed by atoms with Gasteiger partial charge in [-0.3, -0.25) is 4.79 Å². The number of aromatic nitrogens is 1. The number of nitriles is 1. The molecule has 0 aliphatic rings. The number of carbonyl (C=O) groups excluding carboxylic acids is 1. The molecule has 0 aliphatic carbocycles. The molecule has 0 radical (unpaired) electrons. The normalized spacial score (nSPS) is 11.9. The Hall–Kier alpha value is -3.19. The summed E-state index contributed by atoms with van der Waals surface area (Å²) in [6, 6.07) is 13.9.